The van der Waals surface area contributed by atoms with E-state index in [0.717, 1.165) is 0 Å². The average molecular weight is 349 g/mol. The van der Waals surface area contributed by atoms with E-state index in [9.17, 15) is 0 Å². The molecule has 0 saturated heterocycles. The summed E-state index contributed by atoms with van der Waals surface area (Å²) in [5.41, 5.74) is 12.9. The number of hydrogen-bond acceptors (Lipinski definition) is 2. The number of allylic oxidation sites excluding steroid dienone is 2. The van der Waals surface area contributed by atoms with Crippen molar-refractivity contribution in [1.29, 1.82) is 0 Å². The maximum absolute atomic E-state index is 2.52. The van der Waals surface area contributed by atoms with Crippen LogP contribution in [0.5, 0.6) is 0 Å². The van der Waals surface area contributed by atoms with Crippen LogP contribution < -0.4 is 9.80 Å². The molecular formula is C22H28N2Si. The van der Waals surface area contributed by atoms with Crippen molar-refractivity contribution in [3.8, 4) is 0 Å². The number of anilines is 2. The summed E-state index contributed by atoms with van der Waals surface area (Å²) in [6.45, 7) is 4.81. The number of nitrogens with zero attached hydrogens (tertiary/aromatic N) is 2. The van der Waals surface area contributed by atoms with Crippen LogP contribution in [0.15, 0.2) is 59.9 Å². The number of rotatable bonds is 4. The molecule has 0 N–H and O–H groups in total. The van der Waals surface area contributed by atoms with Gasteiger partial charge in [0.2, 0.25) is 0 Å². The van der Waals surface area contributed by atoms with Gasteiger partial charge in [0.25, 0.3) is 0 Å². The Morgan fingerprint density at radius 1 is 0.560 bits per heavy atom. The Bertz CT molecular complexity index is 741. The second-order valence-corrected chi connectivity index (χ2v) is 12.0. The van der Waals surface area contributed by atoms with Gasteiger partial charge in [-0.1, -0.05) is 48.8 Å². The SMILES string of the molecule is CN(C)c1ccc(C2=C[Si](C)(C)C=C2c2ccc(N(C)C)cc2)cc1. The van der Waals surface area contributed by atoms with Gasteiger partial charge in [0.1, 0.15) is 0 Å². The normalized spacial score (nSPS) is 15.6. The minimum Gasteiger partial charge on any atom is -0.378 e. The van der Waals surface area contributed by atoms with Gasteiger partial charge in [0, 0.05) is 39.6 Å². The van der Waals surface area contributed by atoms with E-state index in [1.165, 1.54) is 33.6 Å². The first kappa shape index (κ1) is 17.6. The maximum Gasteiger partial charge on any atom is 0.0969 e. The van der Waals surface area contributed by atoms with E-state index in [4.69, 9.17) is 0 Å². The minimum atomic E-state index is -1.45. The molecule has 0 atom stereocenters. The molecule has 3 heteroatoms. The van der Waals surface area contributed by atoms with Crippen molar-refractivity contribution in [2.75, 3.05) is 38.0 Å². The summed E-state index contributed by atoms with van der Waals surface area (Å²) in [4.78, 5) is 4.28. The monoisotopic (exact) mass is 348 g/mol. The Balaban J connectivity index is 1.99. The lowest BCUT2D eigenvalue weighted by atomic mass is 9.94. The molecule has 0 aromatic heterocycles. The van der Waals surface area contributed by atoms with Crippen LogP contribution >= 0.6 is 0 Å². The fourth-order valence-electron chi connectivity index (χ4n) is 3.30. The fourth-order valence-corrected chi connectivity index (χ4v) is 5.51. The van der Waals surface area contributed by atoms with Crippen molar-refractivity contribution in [3.05, 3.63) is 71.1 Å². The van der Waals surface area contributed by atoms with Crippen LogP contribution in [0, 0.1) is 0 Å². The molecular weight excluding hydrogens is 320 g/mol. The van der Waals surface area contributed by atoms with E-state index in [0.29, 0.717) is 0 Å². The highest BCUT2D eigenvalue weighted by Crippen LogP contribution is 2.40. The van der Waals surface area contributed by atoms with Gasteiger partial charge < -0.3 is 9.80 Å². The predicted octanol–water partition coefficient (Wildman–Crippen LogP) is 5.09. The van der Waals surface area contributed by atoms with Crippen molar-refractivity contribution in [1.82, 2.24) is 0 Å². The van der Waals surface area contributed by atoms with E-state index in [1.54, 1.807) is 0 Å². The molecule has 0 saturated carbocycles. The van der Waals surface area contributed by atoms with E-state index < -0.39 is 8.07 Å². The van der Waals surface area contributed by atoms with E-state index >= 15 is 0 Å². The second-order valence-electron chi connectivity index (χ2n) is 7.82. The molecule has 2 aromatic carbocycles. The van der Waals surface area contributed by atoms with Gasteiger partial charge in [-0.2, -0.15) is 0 Å². The molecule has 1 aliphatic heterocycles. The lowest BCUT2D eigenvalue weighted by Gasteiger charge is -2.16. The van der Waals surface area contributed by atoms with Gasteiger partial charge in [-0.25, -0.2) is 0 Å². The third-order valence-electron chi connectivity index (χ3n) is 4.71. The van der Waals surface area contributed by atoms with Crippen LogP contribution in [-0.4, -0.2) is 36.3 Å². The van der Waals surface area contributed by atoms with E-state index in [1.807, 2.05) is 0 Å². The van der Waals surface area contributed by atoms with E-state index in [-0.39, 0.29) is 0 Å². The van der Waals surface area contributed by atoms with Gasteiger partial charge in [-0.3, -0.25) is 0 Å². The highest BCUT2D eigenvalue weighted by atomic mass is 28.3. The van der Waals surface area contributed by atoms with Crippen LogP contribution in [0.25, 0.3) is 11.1 Å². The van der Waals surface area contributed by atoms with Crippen LogP contribution in [0.4, 0.5) is 11.4 Å². The third kappa shape index (κ3) is 3.72. The first-order valence-corrected chi connectivity index (χ1v) is 11.9. The molecule has 0 aliphatic carbocycles. The van der Waals surface area contributed by atoms with Gasteiger partial charge >= 0.3 is 0 Å². The summed E-state index contributed by atoms with van der Waals surface area (Å²) in [5, 5.41) is 0. The fraction of sp³-hybridized carbons (Fsp3) is 0.273. The average Bonchev–Trinajstić information content (AvgIpc) is 2.91. The first-order chi connectivity index (χ1) is 11.8. The van der Waals surface area contributed by atoms with Crippen LogP contribution in [0.3, 0.4) is 0 Å². The van der Waals surface area contributed by atoms with Gasteiger partial charge in [0.15, 0.2) is 0 Å². The highest BCUT2D eigenvalue weighted by molar-refractivity contribution is 6.90. The van der Waals surface area contributed by atoms with E-state index in [2.05, 4.69) is 111 Å². The molecule has 2 aromatic rings. The standard InChI is InChI=1S/C22H28N2Si/c1-23(2)19-11-7-17(8-12-19)21-15-25(5,6)16-22(21)18-9-13-20(14-10-18)24(3)4/h7-16H,1-6H3. The molecule has 0 amide bonds. The zero-order valence-electron chi connectivity index (χ0n) is 16.2. The number of benzene rings is 2. The zero-order chi connectivity index (χ0) is 18.2. The van der Waals surface area contributed by atoms with Crippen LogP contribution in [0.1, 0.15) is 11.1 Å². The van der Waals surface area contributed by atoms with Gasteiger partial charge in [-0.15, -0.1) is 0 Å². The molecule has 25 heavy (non-hydrogen) atoms. The lowest BCUT2D eigenvalue weighted by molar-refractivity contribution is 1.13. The molecule has 1 heterocycles. The third-order valence-corrected chi connectivity index (χ3v) is 6.78. The van der Waals surface area contributed by atoms with Crippen LogP contribution in [-0.2, 0) is 0 Å². The summed E-state index contributed by atoms with van der Waals surface area (Å²) in [6.07, 6.45) is 0. The molecule has 0 spiro atoms. The first-order valence-electron chi connectivity index (χ1n) is 8.78. The second kappa shape index (κ2) is 6.56. The Hall–Kier alpha value is -2.26. The molecule has 0 unspecified atom stereocenters. The van der Waals surface area contributed by atoms with Crippen molar-refractivity contribution in [2.24, 2.45) is 0 Å². The smallest absolute Gasteiger partial charge is 0.0969 e. The molecule has 130 valence electrons. The molecule has 2 nitrogen and oxygen atoms in total. The zero-order valence-corrected chi connectivity index (χ0v) is 17.2. The summed E-state index contributed by atoms with van der Waals surface area (Å²) >= 11 is 0. The molecule has 0 radical (unpaired) electrons. The molecule has 0 bridgehead atoms. The van der Waals surface area contributed by atoms with Crippen molar-refractivity contribution in [2.45, 2.75) is 13.1 Å². The van der Waals surface area contributed by atoms with Crippen molar-refractivity contribution < 1.29 is 0 Å². The predicted molar refractivity (Wildman–Crippen MR) is 115 cm³/mol. The highest BCUT2D eigenvalue weighted by Gasteiger charge is 2.27. The summed E-state index contributed by atoms with van der Waals surface area (Å²) in [5.74, 6) is 0. The Morgan fingerprint density at radius 3 is 1.16 bits per heavy atom. The molecule has 1 aliphatic rings. The lowest BCUT2D eigenvalue weighted by Crippen LogP contribution is -2.16. The van der Waals surface area contributed by atoms with Crippen molar-refractivity contribution >= 4 is 30.6 Å². The largest absolute Gasteiger partial charge is 0.378 e. The quantitative estimate of drug-likeness (QED) is 0.710. The van der Waals surface area contributed by atoms with Gasteiger partial charge in [0.05, 0.1) is 8.07 Å². The van der Waals surface area contributed by atoms with Crippen LogP contribution in [0.2, 0.25) is 13.1 Å². The van der Waals surface area contributed by atoms with Crippen molar-refractivity contribution in [3.63, 3.8) is 0 Å². The Morgan fingerprint density at radius 2 is 0.880 bits per heavy atom. The summed E-state index contributed by atoms with van der Waals surface area (Å²) < 4.78 is 0. The minimum absolute atomic E-state index is 1.24. The topological polar surface area (TPSA) is 6.48 Å². The molecule has 3 rings (SSSR count). The van der Waals surface area contributed by atoms with Gasteiger partial charge in [-0.05, 0) is 46.5 Å². The Labute approximate surface area is 153 Å². The summed E-state index contributed by atoms with van der Waals surface area (Å²) in [7, 11) is 6.88. The maximum atomic E-state index is 2.52. The summed E-state index contributed by atoms with van der Waals surface area (Å²) in [6, 6.07) is 17.8. The number of hydrogen-bond donors (Lipinski definition) is 0. The molecule has 0 fully saturated rings. The Kier molecular flexibility index (Phi) is 4.61.